The molecule has 40 heavy (non-hydrogen) atoms. The van der Waals surface area contributed by atoms with Crippen LogP contribution in [-0.4, -0.2) is 42.2 Å². The third kappa shape index (κ3) is 5.65. The number of nitrogens with zero attached hydrogens (tertiary/aromatic N) is 3. The van der Waals surface area contributed by atoms with Gasteiger partial charge in [0.2, 0.25) is 0 Å². The lowest BCUT2D eigenvalue weighted by molar-refractivity contribution is 0.102. The van der Waals surface area contributed by atoms with Gasteiger partial charge >= 0.3 is 0 Å². The monoisotopic (exact) mass is 529 g/mol. The molecule has 0 spiro atoms. The van der Waals surface area contributed by atoms with Gasteiger partial charge in [0.25, 0.3) is 5.91 Å². The van der Waals surface area contributed by atoms with Crippen molar-refractivity contribution in [3.8, 4) is 23.2 Å². The lowest BCUT2D eigenvalue weighted by atomic mass is 10.1. The van der Waals surface area contributed by atoms with Crippen LogP contribution in [0.1, 0.15) is 21.5 Å². The van der Waals surface area contributed by atoms with Crippen LogP contribution >= 0.6 is 0 Å². The summed E-state index contributed by atoms with van der Waals surface area (Å²) < 4.78 is 11.3. The number of ether oxygens (including phenoxy) is 2. The zero-order valence-corrected chi connectivity index (χ0v) is 21.8. The highest BCUT2D eigenvalue weighted by atomic mass is 16.5. The van der Waals surface area contributed by atoms with E-state index in [-0.39, 0.29) is 5.91 Å². The zero-order valence-electron chi connectivity index (χ0n) is 21.8. The predicted octanol–water partition coefficient (Wildman–Crippen LogP) is 5.77. The Morgan fingerprint density at radius 2 is 1.73 bits per heavy atom. The van der Waals surface area contributed by atoms with Gasteiger partial charge in [0.05, 0.1) is 35.9 Å². The lowest BCUT2D eigenvalue weighted by Gasteiger charge is -2.28. The molecule has 1 aromatic heterocycles. The van der Waals surface area contributed by atoms with Crippen LogP contribution in [0.3, 0.4) is 0 Å². The molecule has 1 saturated heterocycles. The molecular weight excluding hydrogens is 502 g/mol. The van der Waals surface area contributed by atoms with E-state index in [0.717, 1.165) is 65.6 Å². The number of hydrogen-bond donors (Lipinski definition) is 2. The number of aromatic nitrogens is 2. The van der Waals surface area contributed by atoms with Crippen molar-refractivity contribution in [3.63, 3.8) is 0 Å². The molecule has 4 aromatic carbocycles. The lowest BCUT2D eigenvalue weighted by Crippen LogP contribution is -2.36. The van der Waals surface area contributed by atoms with Gasteiger partial charge in [-0.25, -0.2) is 4.98 Å². The van der Waals surface area contributed by atoms with Crippen molar-refractivity contribution >= 4 is 28.3 Å². The van der Waals surface area contributed by atoms with Gasteiger partial charge in [0.1, 0.15) is 18.2 Å². The number of carbonyl (C=O) groups is 1. The largest absolute Gasteiger partial charge is 0.489 e. The van der Waals surface area contributed by atoms with Crippen LogP contribution in [-0.2, 0) is 11.3 Å². The van der Waals surface area contributed by atoms with Gasteiger partial charge in [0.15, 0.2) is 0 Å². The molecule has 0 radical (unpaired) electrons. The van der Waals surface area contributed by atoms with Gasteiger partial charge in [-0.2, -0.15) is 5.26 Å². The highest BCUT2D eigenvalue weighted by Crippen LogP contribution is 2.25. The number of benzene rings is 4. The van der Waals surface area contributed by atoms with Gasteiger partial charge in [-0.15, -0.1) is 0 Å². The third-order valence-electron chi connectivity index (χ3n) is 6.86. The number of fused-ring (bicyclic) bond motifs is 1. The number of H-pyrrole nitrogens is 1. The van der Waals surface area contributed by atoms with E-state index in [2.05, 4.69) is 21.3 Å². The number of aromatic amines is 1. The van der Waals surface area contributed by atoms with Crippen molar-refractivity contribution in [1.82, 2.24) is 9.97 Å². The molecule has 0 saturated carbocycles. The average molecular weight is 530 g/mol. The minimum atomic E-state index is -0.167. The molecule has 1 aliphatic heterocycles. The van der Waals surface area contributed by atoms with Crippen LogP contribution < -0.4 is 15.0 Å². The molecule has 0 bridgehead atoms. The first-order valence-corrected chi connectivity index (χ1v) is 13.1. The second kappa shape index (κ2) is 11.3. The number of rotatable bonds is 7. The molecule has 2 N–H and O–H groups in total. The molecule has 198 valence electrons. The number of amides is 1. The zero-order chi connectivity index (χ0) is 27.3. The molecule has 0 aliphatic carbocycles. The van der Waals surface area contributed by atoms with Gasteiger partial charge in [-0.05, 0) is 66.2 Å². The van der Waals surface area contributed by atoms with Crippen LogP contribution in [0.15, 0.2) is 91.0 Å². The molecular formula is C32H27N5O3. The third-order valence-corrected chi connectivity index (χ3v) is 6.86. The maximum atomic E-state index is 12.8. The maximum Gasteiger partial charge on any atom is 0.255 e. The van der Waals surface area contributed by atoms with Crippen molar-refractivity contribution in [2.75, 3.05) is 36.5 Å². The standard InChI is InChI=1S/C32H27N5O3/c33-20-22-1-3-23(4-2-22)21-40-28-13-14-29-30(19-28)36-31(35-29)24-5-7-25(8-6-24)32(38)34-26-9-11-27(12-10-26)37-15-17-39-18-16-37/h1-14,19H,15-18,21H2,(H,34,38)(H,35,36). The smallest absolute Gasteiger partial charge is 0.255 e. The summed E-state index contributed by atoms with van der Waals surface area (Å²) in [6, 6.07) is 30.4. The SMILES string of the molecule is N#Cc1ccc(COc2ccc3nc(-c4ccc(C(=O)Nc5ccc(N6CCOCC6)cc5)cc4)[nH]c3c2)cc1. The van der Waals surface area contributed by atoms with E-state index in [0.29, 0.717) is 23.6 Å². The number of morpholine rings is 1. The Kier molecular flexibility index (Phi) is 7.12. The molecule has 8 heteroatoms. The van der Waals surface area contributed by atoms with Crippen LogP contribution in [0, 0.1) is 11.3 Å². The quantitative estimate of drug-likeness (QED) is 0.278. The Morgan fingerprint density at radius 3 is 2.45 bits per heavy atom. The molecule has 1 fully saturated rings. The molecule has 2 heterocycles. The number of nitriles is 1. The van der Waals surface area contributed by atoms with E-state index in [4.69, 9.17) is 19.7 Å². The summed E-state index contributed by atoms with van der Waals surface area (Å²) in [5.74, 6) is 1.27. The van der Waals surface area contributed by atoms with E-state index >= 15 is 0 Å². The van der Waals surface area contributed by atoms with Crippen LogP contribution in [0.4, 0.5) is 11.4 Å². The molecule has 1 amide bonds. The fraction of sp³-hybridized carbons (Fsp3) is 0.156. The Balaban J connectivity index is 1.09. The maximum absolute atomic E-state index is 12.8. The number of hydrogen-bond acceptors (Lipinski definition) is 6. The highest BCUT2D eigenvalue weighted by molar-refractivity contribution is 6.04. The minimum Gasteiger partial charge on any atom is -0.489 e. The summed E-state index contributed by atoms with van der Waals surface area (Å²) in [4.78, 5) is 23.2. The first-order chi connectivity index (χ1) is 19.6. The van der Waals surface area contributed by atoms with E-state index in [9.17, 15) is 4.79 Å². The van der Waals surface area contributed by atoms with Crippen LogP contribution in [0.5, 0.6) is 5.75 Å². The Bertz CT molecular complexity index is 1660. The van der Waals surface area contributed by atoms with Crippen molar-refractivity contribution < 1.29 is 14.3 Å². The summed E-state index contributed by atoms with van der Waals surface area (Å²) in [5.41, 5.74) is 6.61. The number of nitrogens with one attached hydrogen (secondary N) is 2. The first kappa shape index (κ1) is 25.2. The minimum absolute atomic E-state index is 0.167. The Morgan fingerprint density at radius 1 is 0.975 bits per heavy atom. The van der Waals surface area contributed by atoms with E-state index in [1.165, 1.54) is 0 Å². The molecule has 0 atom stereocenters. The van der Waals surface area contributed by atoms with E-state index in [1.54, 1.807) is 24.3 Å². The topological polar surface area (TPSA) is 103 Å². The highest BCUT2D eigenvalue weighted by Gasteiger charge is 2.13. The van der Waals surface area contributed by atoms with Gasteiger partial charge in [-0.3, -0.25) is 4.79 Å². The van der Waals surface area contributed by atoms with Crippen LogP contribution in [0.25, 0.3) is 22.4 Å². The van der Waals surface area contributed by atoms with Crippen molar-refractivity contribution in [2.24, 2.45) is 0 Å². The Labute approximate surface area is 231 Å². The first-order valence-electron chi connectivity index (χ1n) is 13.1. The number of anilines is 2. The summed E-state index contributed by atoms with van der Waals surface area (Å²) in [7, 11) is 0. The normalized spacial score (nSPS) is 13.1. The van der Waals surface area contributed by atoms with Crippen molar-refractivity contribution in [2.45, 2.75) is 6.61 Å². The molecule has 6 rings (SSSR count). The summed E-state index contributed by atoms with van der Waals surface area (Å²) >= 11 is 0. The second-order valence-electron chi connectivity index (χ2n) is 9.54. The van der Waals surface area contributed by atoms with Crippen molar-refractivity contribution in [1.29, 1.82) is 5.26 Å². The Hall–Kier alpha value is -5.13. The number of imidazole rings is 1. The average Bonchev–Trinajstić information content (AvgIpc) is 3.45. The van der Waals surface area contributed by atoms with Gasteiger partial charge < -0.3 is 24.7 Å². The molecule has 1 aliphatic rings. The summed E-state index contributed by atoms with van der Waals surface area (Å²) in [6.07, 6.45) is 0. The molecule has 8 nitrogen and oxygen atoms in total. The predicted molar refractivity (Wildman–Crippen MR) is 154 cm³/mol. The van der Waals surface area contributed by atoms with Crippen molar-refractivity contribution in [3.05, 3.63) is 108 Å². The fourth-order valence-electron chi connectivity index (χ4n) is 4.62. The number of carbonyl (C=O) groups excluding carboxylic acids is 1. The van der Waals surface area contributed by atoms with Gasteiger partial charge in [0, 0.05) is 41.7 Å². The van der Waals surface area contributed by atoms with E-state index in [1.807, 2.05) is 66.7 Å². The summed E-state index contributed by atoms with van der Waals surface area (Å²) in [6.45, 7) is 3.62. The van der Waals surface area contributed by atoms with Crippen LogP contribution in [0.2, 0.25) is 0 Å². The summed E-state index contributed by atoms with van der Waals surface area (Å²) in [5, 5.41) is 11.9. The van der Waals surface area contributed by atoms with E-state index < -0.39 is 0 Å². The fourth-order valence-corrected chi connectivity index (χ4v) is 4.62. The molecule has 5 aromatic rings. The second-order valence-corrected chi connectivity index (χ2v) is 9.54. The molecule has 0 unspecified atom stereocenters. The van der Waals surface area contributed by atoms with Gasteiger partial charge in [-0.1, -0.05) is 24.3 Å².